The number of unbranched alkanes of at least 4 members (excludes halogenated alkanes) is 6. The van der Waals surface area contributed by atoms with Crippen molar-refractivity contribution < 1.29 is 21.9 Å². The Bertz CT molecular complexity index is 526. The fourth-order valence-corrected chi connectivity index (χ4v) is 2.77. The fraction of sp³-hybridized carbons (Fsp3) is 0.684. The summed E-state index contributed by atoms with van der Waals surface area (Å²) in [4.78, 5) is 0. The molecule has 0 bridgehead atoms. The summed E-state index contributed by atoms with van der Waals surface area (Å²) in [6.07, 6.45) is 9.20. The van der Waals surface area contributed by atoms with E-state index in [-0.39, 0.29) is 5.75 Å². The molecular weight excluding hydrogens is 340 g/mol. The van der Waals surface area contributed by atoms with Crippen molar-refractivity contribution in [2.75, 3.05) is 13.2 Å². The van der Waals surface area contributed by atoms with Crippen LogP contribution in [-0.2, 0) is 21.6 Å². The highest BCUT2D eigenvalue weighted by Gasteiger charge is 2.10. The lowest BCUT2D eigenvalue weighted by Gasteiger charge is -2.08. The summed E-state index contributed by atoms with van der Waals surface area (Å²) in [5.41, 5.74) is 0.818. The lowest BCUT2D eigenvalue weighted by molar-refractivity contribution is 0.162. The predicted molar refractivity (Wildman–Crippen MR) is 102 cm³/mol. The first kappa shape index (κ1) is 23.9. The van der Waals surface area contributed by atoms with Gasteiger partial charge in [0.25, 0.3) is 0 Å². The van der Waals surface area contributed by atoms with E-state index >= 15 is 0 Å². The molecule has 5 nitrogen and oxygen atoms in total. The number of hydrogen-bond donors (Lipinski definition) is 1. The monoisotopic (exact) mass is 374 g/mol. The summed E-state index contributed by atoms with van der Waals surface area (Å²) in [5, 5.41) is 0. The van der Waals surface area contributed by atoms with Crippen molar-refractivity contribution in [3.8, 4) is 5.75 Å². The Kier molecular flexibility index (Phi) is 14.5. The van der Waals surface area contributed by atoms with Crippen LogP contribution in [0.4, 0.5) is 0 Å². The van der Waals surface area contributed by atoms with Crippen LogP contribution in [0.1, 0.15) is 71.3 Å². The summed E-state index contributed by atoms with van der Waals surface area (Å²) in [7, 11) is -4.45. The SMILES string of the molecule is CCCCCCCCCc1ccccc1OS(=O)(=O)O.CCOCC. The molecule has 1 rings (SSSR count). The average Bonchev–Trinajstić information content (AvgIpc) is 2.55. The molecule has 6 heteroatoms. The van der Waals surface area contributed by atoms with E-state index in [1.54, 1.807) is 12.1 Å². The molecule has 0 amide bonds. The highest BCUT2D eigenvalue weighted by Crippen LogP contribution is 2.22. The molecule has 0 aliphatic rings. The molecule has 0 heterocycles. The first-order valence-corrected chi connectivity index (χ1v) is 10.6. The lowest BCUT2D eigenvalue weighted by atomic mass is 10.0. The molecule has 146 valence electrons. The normalized spacial score (nSPS) is 10.9. The minimum atomic E-state index is -4.45. The Labute approximate surface area is 153 Å². The van der Waals surface area contributed by atoms with Crippen LogP contribution >= 0.6 is 0 Å². The largest absolute Gasteiger partial charge is 0.446 e. The molecule has 0 saturated carbocycles. The van der Waals surface area contributed by atoms with E-state index in [0.29, 0.717) is 0 Å². The molecule has 0 radical (unpaired) electrons. The molecule has 0 atom stereocenters. The maximum Gasteiger partial charge on any atom is 0.446 e. The molecule has 0 aliphatic heterocycles. The van der Waals surface area contributed by atoms with E-state index in [1.165, 1.54) is 32.1 Å². The summed E-state index contributed by atoms with van der Waals surface area (Å²) in [5.74, 6) is 0.223. The maximum atomic E-state index is 10.8. The minimum Gasteiger partial charge on any atom is -0.382 e. The summed E-state index contributed by atoms with van der Waals surface area (Å²) in [6, 6.07) is 6.92. The highest BCUT2D eigenvalue weighted by atomic mass is 32.3. The Morgan fingerprint density at radius 2 is 1.44 bits per heavy atom. The number of benzene rings is 1. The smallest absolute Gasteiger partial charge is 0.382 e. The topological polar surface area (TPSA) is 72.8 Å². The molecule has 0 spiro atoms. The molecule has 0 unspecified atom stereocenters. The average molecular weight is 375 g/mol. The first-order valence-electron chi connectivity index (χ1n) is 9.27. The van der Waals surface area contributed by atoms with E-state index in [9.17, 15) is 8.42 Å². The number of ether oxygens (including phenoxy) is 1. The molecule has 1 aromatic carbocycles. The summed E-state index contributed by atoms with van der Waals surface area (Å²) >= 11 is 0. The van der Waals surface area contributed by atoms with Gasteiger partial charge in [0, 0.05) is 13.2 Å². The van der Waals surface area contributed by atoms with Gasteiger partial charge in [-0.25, -0.2) is 0 Å². The Hall–Kier alpha value is -1.11. The van der Waals surface area contributed by atoms with Crippen molar-refractivity contribution in [1.29, 1.82) is 0 Å². The van der Waals surface area contributed by atoms with Crippen LogP contribution in [0, 0.1) is 0 Å². The van der Waals surface area contributed by atoms with Crippen molar-refractivity contribution in [3.05, 3.63) is 29.8 Å². The Balaban J connectivity index is 0.00000101. The third-order valence-electron chi connectivity index (χ3n) is 3.63. The zero-order chi connectivity index (χ0) is 19.0. The van der Waals surface area contributed by atoms with Gasteiger partial charge in [-0.15, -0.1) is 0 Å². The first-order chi connectivity index (χ1) is 11.9. The molecule has 1 N–H and O–H groups in total. The fourth-order valence-electron chi connectivity index (χ4n) is 2.38. The van der Waals surface area contributed by atoms with Gasteiger partial charge in [0.05, 0.1) is 0 Å². The molecule has 0 aliphatic carbocycles. The zero-order valence-corrected chi connectivity index (χ0v) is 16.7. The molecule has 25 heavy (non-hydrogen) atoms. The predicted octanol–water partition coefficient (Wildman–Crippen LogP) is 5.20. The van der Waals surface area contributed by atoms with Crippen LogP contribution in [0.15, 0.2) is 24.3 Å². The lowest BCUT2D eigenvalue weighted by Crippen LogP contribution is -2.08. The quantitative estimate of drug-likeness (QED) is 0.402. The van der Waals surface area contributed by atoms with Crippen molar-refractivity contribution in [3.63, 3.8) is 0 Å². The Morgan fingerprint density at radius 3 is 1.96 bits per heavy atom. The van der Waals surface area contributed by atoms with Gasteiger partial charge in [-0.05, 0) is 38.3 Å². The standard InChI is InChI=1S/C15H24O4S.C4H10O/c1-2-3-4-5-6-7-8-11-14-12-9-10-13-15(14)19-20(16,17)18;1-3-5-4-2/h9-10,12-13H,2-8,11H2,1H3,(H,16,17,18);3-4H2,1-2H3. The van der Waals surface area contributed by atoms with Gasteiger partial charge in [0.15, 0.2) is 0 Å². The minimum absolute atomic E-state index is 0.223. The Morgan fingerprint density at radius 1 is 0.880 bits per heavy atom. The number of aryl methyl sites for hydroxylation is 1. The van der Waals surface area contributed by atoms with Crippen molar-refractivity contribution >= 4 is 10.4 Å². The van der Waals surface area contributed by atoms with E-state index < -0.39 is 10.4 Å². The van der Waals surface area contributed by atoms with Crippen LogP contribution in [0.5, 0.6) is 5.75 Å². The molecular formula is C19H34O5S. The van der Waals surface area contributed by atoms with Crippen LogP contribution in [0.2, 0.25) is 0 Å². The zero-order valence-electron chi connectivity index (χ0n) is 15.9. The van der Waals surface area contributed by atoms with Crippen molar-refractivity contribution in [2.45, 2.75) is 72.1 Å². The molecule has 0 fully saturated rings. The van der Waals surface area contributed by atoms with Crippen LogP contribution in [0.3, 0.4) is 0 Å². The second-order valence-corrected chi connectivity index (χ2v) is 6.79. The summed E-state index contributed by atoms with van der Waals surface area (Å²) in [6.45, 7) is 7.87. The summed E-state index contributed by atoms with van der Waals surface area (Å²) < 4.78 is 39.7. The van der Waals surface area contributed by atoms with Crippen LogP contribution < -0.4 is 4.18 Å². The van der Waals surface area contributed by atoms with Gasteiger partial charge in [-0.1, -0.05) is 63.6 Å². The van der Waals surface area contributed by atoms with Crippen LogP contribution in [-0.4, -0.2) is 26.2 Å². The number of rotatable bonds is 12. The van der Waals surface area contributed by atoms with Gasteiger partial charge in [-0.3, -0.25) is 4.55 Å². The van der Waals surface area contributed by atoms with Crippen molar-refractivity contribution in [2.24, 2.45) is 0 Å². The van der Waals surface area contributed by atoms with Crippen LogP contribution in [0.25, 0.3) is 0 Å². The third-order valence-corrected chi connectivity index (χ3v) is 4.02. The van der Waals surface area contributed by atoms with E-state index in [0.717, 1.165) is 38.0 Å². The van der Waals surface area contributed by atoms with Gasteiger partial charge in [0.2, 0.25) is 0 Å². The number of para-hydroxylation sites is 1. The maximum absolute atomic E-state index is 10.8. The number of hydrogen-bond acceptors (Lipinski definition) is 4. The van der Waals surface area contributed by atoms with Gasteiger partial charge in [-0.2, -0.15) is 8.42 Å². The van der Waals surface area contributed by atoms with Gasteiger partial charge >= 0.3 is 10.4 Å². The molecule has 0 saturated heterocycles. The third kappa shape index (κ3) is 14.9. The second kappa shape index (κ2) is 15.2. The van der Waals surface area contributed by atoms with Crippen molar-refractivity contribution in [1.82, 2.24) is 0 Å². The van der Waals surface area contributed by atoms with E-state index in [2.05, 4.69) is 11.1 Å². The highest BCUT2D eigenvalue weighted by molar-refractivity contribution is 7.81. The molecule has 1 aromatic rings. The van der Waals surface area contributed by atoms with Gasteiger partial charge < -0.3 is 8.92 Å². The van der Waals surface area contributed by atoms with E-state index in [4.69, 9.17) is 9.29 Å². The van der Waals surface area contributed by atoms with Gasteiger partial charge in [0.1, 0.15) is 5.75 Å². The van der Waals surface area contributed by atoms with E-state index in [1.807, 2.05) is 26.0 Å². The second-order valence-electron chi connectivity index (χ2n) is 5.77. The molecule has 0 aromatic heterocycles.